The van der Waals surface area contributed by atoms with E-state index in [9.17, 15) is 13.2 Å². The fraction of sp³-hybridized carbons (Fsp3) is 0.941. The van der Waals surface area contributed by atoms with Crippen LogP contribution in [0.1, 0.15) is 40.5 Å². The average molecular weight is 377 g/mol. The van der Waals surface area contributed by atoms with E-state index >= 15 is 0 Å². The molecule has 0 saturated carbocycles. The molecule has 1 aliphatic rings. The first kappa shape index (κ1) is 22.2. The summed E-state index contributed by atoms with van der Waals surface area (Å²) < 4.78 is 24.8. The number of amides is 2. The van der Waals surface area contributed by atoms with Crippen LogP contribution < -0.4 is 5.32 Å². The van der Waals surface area contributed by atoms with E-state index in [4.69, 9.17) is 0 Å². The van der Waals surface area contributed by atoms with Gasteiger partial charge in [-0.3, -0.25) is 4.90 Å². The molecule has 8 heteroatoms. The monoisotopic (exact) mass is 376 g/mol. The molecular formula is C17H36N4O3S. The first-order valence-corrected chi connectivity index (χ1v) is 11.3. The van der Waals surface area contributed by atoms with E-state index in [0.29, 0.717) is 51.1 Å². The molecule has 1 heterocycles. The molecule has 0 aromatic rings. The lowest BCUT2D eigenvalue weighted by molar-refractivity contribution is 0.172. The van der Waals surface area contributed by atoms with Gasteiger partial charge in [0, 0.05) is 38.8 Å². The van der Waals surface area contributed by atoms with Crippen LogP contribution in [0.3, 0.4) is 0 Å². The topological polar surface area (TPSA) is 73.0 Å². The standard InChI is InChI=1S/C17H36N4O3S/c1-6-19(7-2)16(13-15(3)4)14-18-17(22)20-9-8-10-21(12-11-20)25(5,23)24/h15-16H,6-14H2,1-5H3,(H,18,22)/t16-/m1/s1. The fourth-order valence-corrected chi connectivity index (χ4v) is 4.27. The zero-order valence-corrected chi connectivity index (χ0v) is 17.3. The summed E-state index contributed by atoms with van der Waals surface area (Å²) in [5, 5.41) is 3.07. The minimum absolute atomic E-state index is 0.0868. The molecule has 0 aromatic carbocycles. The summed E-state index contributed by atoms with van der Waals surface area (Å²) in [5.74, 6) is 0.573. The molecule has 0 aromatic heterocycles. The van der Waals surface area contributed by atoms with Crippen molar-refractivity contribution < 1.29 is 13.2 Å². The molecule has 0 radical (unpaired) electrons. The molecule has 1 aliphatic heterocycles. The third kappa shape index (κ3) is 7.50. The second-order valence-electron chi connectivity index (χ2n) is 7.19. The zero-order valence-electron chi connectivity index (χ0n) is 16.5. The third-order valence-corrected chi connectivity index (χ3v) is 6.08. The van der Waals surface area contributed by atoms with Gasteiger partial charge in [-0.05, 0) is 31.8 Å². The van der Waals surface area contributed by atoms with Gasteiger partial charge in [-0.25, -0.2) is 17.5 Å². The Hall–Kier alpha value is -0.860. The average Bonchev–Trinajstić information content (AvgIpc) is 2.78. The Morgan fingerprint density at radius 1 is 1.12 bits per heavy atom. The summed E-state index contributed by atoms with van der Waals surface area (Å²) in [4.78, 5) is 16.6. The van der Waals surface area contributed by atoms with E-state index in [1.807, 2.05) is 0 Å². The van der Waals surface area contributed by atoms with E-state index < -0.39 is 10.0 Å². The van der Waals surface area contributed by atoms with Crippen LogP contribution >= 0.6 is 0 Å². The van der Waals surface area contributed by atoms with E-state index in [-0.39, 0.29) is 6.03 Å². The van der Waals surface area contributed by atoms with Crippen molar-refractivity contribution in [3.8, 4) is 0 Å². The van der Waals surface area contributed by atoms with Gasteiger partial charge in [0.2, 0.25) is 10.0 Å². The predicted molar refractivity (Wildman–Crippen MR) is 102 cm³/mol. The lowest BCUT2D eigenvalue weighted by Gasteiger charge is -2.32. The quantitative estimate of drug-likeness (QED) is 0.695. The highest BCUT2D eigenvalue weighted by molar-refractivity contribution is 7.88. The zero-order chi connectivity index (χ0) is 19.0. The molecule has 2 amide bonds. The molecule has 1 fully saturated rings. The number of likely N-dealkylation sites (N-methyl/N-ethyl adjacent to an activating group) is 1. The SMILES string of the molecule is CCN(CC)[C@@H](CNC(=O)N1CCCN(S(C)(=O)=O)CC1)CC(C)C. The minimum Gasteiger partial charge on any atom is -0.336 e. The van der Waals surface area contributed by atoms with Crippen molar-refractivity contribution in [3.63, 3.8) is 0 Å². The Labute approximate surface area is 153 Å². The molecule has 7 nitrogen and oxygen atoms in total. The largest absolute Gasteiger partial charge is 0.336 e. The maximum absolute atomic E-state index is 12.5. The van der Waals surface area contributed by atoms with Crippen LogP contribution in [0.4, 0.5) is 4.79 Å². The molecule has 0 bridgehead atoms. The Morgan fingerprint density at radius 3 is 2.28 bits per heavy atom. The minimum atomic E-state index is -3.19. The number of nitrogens with zero attached hydrogens (tertiary/aromatic N) is 3. The number of carbonyl (C=O) groups is 1. The highest BCUT2D eigenvalue weighted by Gasteiger charge is 2.25. The second kappa shape index (κ2) is 10.3. The molecule has 1 atom stereocenters. The lowest BCUT2D eigenvalue weighted by atomic mass is 10.0. The summed E-state index contributed by atoms with van der Waals surface area (Å²) in [6.45, 7) is 13.2. The summed E-state index contributed by atoms with van der Waals surface area (Å²) >= 11 is 0. The van der Waals surface area contributed by atoms with Crippen LogP contribution in [0.15, 0.2) is 0 Å². The third-order valence-electron chi connectivity index (χ3n) is 4.77. The highest BCUT2D eigenvalue weighted by atomic mass is 32.2. The van der Waals surface area contributed by atoms with Crippen LogP contribution in [0, 0.1) is 5.92 Å². The molecule has 0 unspecified atom stereocenters. The van der Waals surface area contributed by atoms with Crippen LogP contribution in [0.5, 0.6) is 0 Å². The van der Waals surface area contributed by atoms with Crippen molar-refractivity contribution in [1.29, 1.82) is 0 Å². The van der Waals surface area contributed by atoms with Crippen LogP contribution in [-0.2, 0) is 10.0 Å². The van der Waals surface area contributed by atoms with Gasteiger partial charge >= 0.3 is 6.03 Å². The molecular weight excluding hydrogens is 340 g/mol. The lowest BCUT2D eigenvalue weighted by Crippen LogP contribution is -2.49. The number of hydrogen-bond acceptors (Lipinski definition) is 4. The summed E-state index contributed by atoms with van der Waals surface area (Å²) in [6.07, 6.45) is 2.94. The van der Waals surface area contributed by atoms with E-state index in [1.165, 1.54) is 10.6 Å². The van der Waals surface area contributed by atoms with Gasteiger partial charge in [0.15, 0.2) is 0 Å². The fourth-order valence-electron chi connectivity index (χ4n) is 3.39. The van der Waals surface area contributed by atoms with Crippen molar-refractivity contribution in [2.75, 3.05) is 52.1 Å². The Bertz CT molecular complexity index is 506. The van der Waals surface area contributed by atoms with Crippen LogP contribution in [-0.4, -0.2) is 86.7 Å². The number of sulfonamides is 1. The highest BCUT2D eigenvalue weighted by Crippen LogP contribution is 2.12. The van der Waals surface area contributed by atoms with Gasteiger partial charge < -0.3 is 10.2 Å². The van der Waals surface area contributed by atoms with Gasteiger partial charge in [0.05, 0.1) is 6.26 Å². The Kier molecular flexibility index (Phi) is 9.16. The molecule has 1 saturated heterocycles. The summed E-state index contributed by atoms with van der Waals surface area (Å²) in [7, 11) is -3.19. The van der Waals surface area contributed by atoms with Gasteiger partial charge in [-0.15, -0.1) is 0 Å². The normalized spacial score (nSPS) is 18.4. The van der Waals surface area contributed by atoms with Crippen LogP contribution in [0.2, 0.25) is 0 Å². The van der Waals surface area contributed by atoms with Gasteiger partial charge in [0.1, 0.15) is 0 Å². The van der Waals surface area contributed by atoms with Crippen molar-refractivity contribution >= 4 is 16.1 Å². The van der Waals surface area contributed by atoms with Crippen LogP contribution in [0.25, 0.3) is 0 Å². The molecule has 0 aliphatic carbocycles. The van der Waals surface area contributed by atoms with E-state index in [0.717, 1.165) is 19.5 Å². The molecule has 1 rings (SSSR count). The van der Waals surface area contributed by atoms with Gasteiger partial charge in [-0.2, -0.15) is 0 Å². The van der Waals surface area contributed by atoms with Gasteiger partial charge in [0.25, 0.3) is 0 Å². The number of hydrogen-bond donors (Lipinski definition) is 1. The van der Waals surface area contributed by atoms with Crippen molar-refractivity contribution in [2.45, 2.75) is 46.6 Å². The maximum Gasteiger partial charge on any atom is 0.317 e. The predicted octanol–water partition coefficient (Wildman–Crippen LogP) is 1.42. The smallest absolute Gasteiger partial charge is 0.317 e. The van der Waals surface area contributed by atoms with Crippen molar-refractivity contribution in [1.82, 2.24) is 19.4 Å². The van der Waals surface area contributed by atoms with Gasteiger partial charge in [-0.1, -0.05) is 27.7 Å². The first-order chi connectivity index (χ1) is 11.7. The maximum atomic E-state index is 12.5. The van der Waals surface area contributed by atoms with Crippen molar-refractivity contribution in [3.05, 3.63) is 0 Å². The first-order valence-electron chi connectivity index (χ1n) is 9.40. The summed E-state index contributed by atoms with van der Waals surface area (Å²) in [5.41, 5.74) is 0. The molecule has 0 spiro atoms. The van der Waals surface area contributed by atoms with Crippen molar-refractivity contribution in [2.24, 2.45) is 5.92 Å². The van der Waals surface area contributed by atoms with E-state index in [1.54, 1.807) is 4.90 Å². The second-order valence-corrected chi connectivity index (χ2v) is 9.18. The molecule has 148 valence electrons. The number of urea groups is 1. The Morgan fingerprint density at radius 2 is 1.76 bits per heavy atom. The summed E-state index contributed by atoms with van der Waals surface area (Å²) in [6, 6.07) is 0.245. The number of rotatable bonds is 8. The number of nitrogens with one attached hydrogen (secondary N) is 1. The molecule has 1 N–H and O–H groups in total. The molecule has 25 heavy (non-hydrogen) atoms. The van der Waals surface area contributed by atoms with E-state index in [2.05, 4.69) is 37.9 Å². The Balaban J connectivity index is 2.58. The number of carbonyl (C=O) groups excluding carboxylic acids is 1.